The lowest BCUT2D eigenvalue weighted by Gasteiger charge is -2.29. The Labute approximate surface area is 278 Å². The number of alkyl carbamates (subject to hydrolysis) is 2. The summed E-state index contributed by atoms with van der Waals surface area (Å²) in [7, 11) is 0. The molecule has 48 heavy (non-hydrogen) atoms. The Morgan fingerprint density at radius 1 is 0.667 bits per heavy atom. The first kappa shape index (κ1) is 35.3. The topological polar surface area (TPSA) is 192 Å². The van der Waals surface area contributed by atoms with Crippen LogP contribution >= 0.6 is 0 Å². The largest absolute Gasteiger partial charge is 0.507 e. The molecule has 0 atom stereocenters. The standard InChI is InChI=1S/C36H40N2O10/c1-9-37-35(45)47-13-21-27-19(23(15(3)4)33(43)29(21)39)11-17(7)25(31(27)41)26-18(8)12-20-24(16(5)6)34(44)30(40)22(28(20)32(26)42)14-48-36(46)38-10-2/h11-16,41-44H,9-10H2,1-8H3,(H,37,45)(H,38,46)/b21-13-,22-14-. The number of carbonyl (C=O) groups excluding carboxylic acids is 4. The van der Waals surface area contributed by atoms with Crippen LogP contribution in [0, 0.1) is 25.7 Å². The Bertz CT molecular complexity index is 1740. The highest BCUT2D eigenvalue weighted by Crippen LogP contribution is 2.53. The lowest BCUT2D eigenvalue weighted by molar-refractivity contribution is -0.113. The lowest BCUT2D eigenvalue weighted by atomic mass is 9.75. The van der Waals surface area contributed by atoms with Gasteiger partial charge in [0.25, 0.3) is 0 Å². The van der Waals surface area contributed by atoms with Gasteiger partial charge >= 0.3 is 12.2 Å². The third-order valence-electron chi connectivity index (χ3n) is 8.16. The highest BCUT2D eigenvalue weighted by molar-refractivity contribution is 6.35. The number of hydrogen-bond donors (Lipinski definition) is 6. The van der Waals surface area contributed by atoms with Gasteiger partial charge in [-0.25, -0.2) is 9.59 Å². The van der Waals surface area contributed by atoms with Gasteiger partial charge in [-0.2, -0.15) is 0 Å². The third-order valence-corrected chi connectivity index (χ3v) is 8.16. The molecule has 2 aromatic carbocycles. The van der Waals surface area contributed by atoms with Crippen molar-refractivity contribution in [1.29, 1.82) is 0 Å². The van der Waals surface area contributed by atoms with Crippen LogP contribution in [0.2, 0.25) is 0 Å². The highest BCUT2D eigenvalue weighted by atomic mass is 16.5. The molecule has 0 unspecified atom stereocenters. The summed E-state index contributed by atoms with van der Waals surface area (Å²) < 4.78 is 10.3. The van der Waals surface area contributed by atoms with Gasteiger partial charge in [-0.3, -0.25) is 9.59 Å². The number of carbonyl (C=O) groups is 4. The number of aromatic hydroxyl groups is 2. The molecule has 4 rings (SSSR count). The van der Waals surface area contributed by atoms with Crippen LogP contribution < -0.4 is 10.6 Å². The molecule has 2 aliphatic rings. The molecule has 254 valence electrons. The van der Waals surface area contributed by atoms with Gasteiger partial charge in [-0.15, -0.1) is 0 Å². The van der Waals surface area contributed by atoms with E-state index in [0.29, 0.717) is 22.3 Å². The van der Waals surface area contributed by atoms with Gasteiger partial charge in [-0.05, 0) is 61.8 Å². The number of phenolic OH excluding ortho intramolecular Hbond substituents is 2. The second-order valence-corrected chi connectivity index (χ2v) is 12.1. The number of Topliss-reactive ketones (excluding diaryl/α,β-unsaturated/α-hetero) is 2. The van der Waals surface area contributed by atoms with Crippen molar-refractivity contribution in [3.05, 3.63) is 69.6 Å². The van der Waals surface area contributed by atoms with E-state index in [4.69, 9.17) is 9.47 Å². The van der Waals surface area contributed by atoms with Gasteiger partial charge in [-0.1, -0.05) is 39.8 Å². The summed E-state index contributed by atoms with van der Waals surface area (Å²) in [6, 6.07) is 3.29. The van der Waals surface area contributed by atoms with Crippen molar-refractivity contribution < 1.29 is 49.1 Å². The van der Waals surface area contributed by atoms with Crippen LogP contribution in [0.3, 0.4) is 0 Å². The summed E-state index contributed by atoms with van der Waals surface area (Å²) in [6.45, 7) is 14.3. The van der Waals surface area contributed by atoms with E-state index in [2.05, 4.69) is 10.6 Å². The number of allylic oxidation sites excluding steroid dienone is 4. The lowest BCUT2D eigenvalue weighted by Crippen LogP contribution is -2.23. The minimum atomic E-state index is -0.882. The van der Waals surface area contributed by atoms with E-state index in [1.165, 1.54) is 0 Å². The zero-order valence-electron chi connectivity index (χ0n) is 28.1. The van der Waals surface area contributed by atoms with Gasteiger partial charge in [0.1, 0.15) is 24.0 Å². The van der Waals surface area contributed by atoms with Crippen molar-refractivity contribution in [2.75, 3.05) is 13.1 Å². The van der Waals surface area contributed by atoms with Gasteiger partial charge < -0.3 is 40.5 Å². The van der Waals surface area contributed by atoms with E-state index in [1.807, 2.05) is 0 Å². The molecule has 0 aliphatic heterocycles. The molecule has 0 bridgehead atoms. The number of aliphatic hydroxyl groups excluding tert-OH is 2. The van der Waals surface area contributed by atoms with E-state index in [0.717, 1.165) is 12.5 Å². The smallest absolute Gasteiger partial charge is 0.412 e. The maximum absolute atomic E-state index is 13.5. The second kappa shape index (κ2) is 13.7. The predicted octanol–water partition coefficient (Wildman–Crippen LogP) is 6.57. The normalized spacial score (nSPS) is 16.1. The number of rotatable bonds is 7. The first-order chi connectivity index (χ1) is 22.6. The van der Waals surface area contributed by atoms with Crippen LogP contribution in [0.25, 0.3) is 33.4 Å². The van der Waals surface area contributed by atoms with Crippen LogP contribution in [0.1, 0.15) is 74.9 Å². The summed E-state index contributed by atoms with van der Waals surface area (Å²) in [5, 5.41) is 50.8. The fraction of sp³-hybridized carbons (Fsp3) is 0.333. The SMILES string of the molecule is CCNC(=O)O/C=C1\C(=O)C(O)=C(C(C)C)c2cc(C)c(-c3c(C)cc4c(c3O)/C(=C/OC(=O)NCC)C(=O)C(O)=C4C(C)C)c(O)c21. The molecular weight excluding hydrogens is 620 g/mol. The molecule has 2 aromatic rings. The van der Waals surface area contributed by atoms with Crippen LogP contribution in [0.5, 0.6) is 11.5 Å². The van der Waals surface area contributed by atoms with Crippen molar-refractivity contribution in [3.63, 3.8) is 0 Å². The Hall–Kier alpha value is -5.52. The first-order valence-electron chi connectivity index (χ1n) is 15.6. The van der Waals surface area contributed by atoms with Gasteiger partial charge in [0.2, 0.25) is 11.6 Å². The van der Waals surface area contributed by atoms with Gasteiger partial charge in [0.05, 0.1) is 11.1 Å². The monoisotopic (exact) mass is 660 g/mol. The summed E-state index contributed by atoms with van der Waals surface area (Å²) in [6.07, 6.45) is 0.00377. The zero-order chi connectivity index (χ0) is 35.8. The molecule has 0 spiro atoms. The number of fused-ring (bicyclic) bond motifs is 2. The fourth-order valence-electron chi connectivity index (χ4n) is 6.17. The van der Waals surface area contributed by atoms with Crippen molar-refractivity contribution in [1.82, 2.24) is 10.6 Å². The van der Waals surface area contributed by atoms with Crippen molar-refractivity contribution in [3.8, 4) is 22.6 Å². The molecule has 0 saturated carbocycles. The average molecular weight is 661 g/mol. The molecular formula is C36H40N2O10. The highest BCUT2D eigenvalue weighted by Gasteiger charge is 2.39. The quantitative estimate of drug-likeness (QED) is 0.140. The van der Waals surface area contributed by atoms with E-state index in [-0.39, 0.29) is 69.5 Å². The number of phenols is 2. The number of ketones is 2. The van der Waals surface area contributed by atoms with Crippen LogP contribution in [-0.2, 0) is 19.1 Å². The number of nitrogens with one attached hydrogen (secondary N) is 2. The minimum Gasteiger partial charge on any atom is -0.507 e. The Morgan fingerprint density at radius 2 is 1.00 bits per heavy atom. The molecule has 0 fully saturated rings. The van der Waals surface area contributed by atoms with E-state index in [1.54, 1.807) is 67.5 Å². The number of aryl methyl sites for hydroxylation is 2. The van der Waals surface area contributed by atoms with Crippen LogP contribution in [0.4, 0.5) is 9.59 Å². The van der Waals surface area contributed by atoms with Crippen molar-refractivity contribution >= 4 is 46.0 Å². The molecule has 6 N–H and O–H groups in total. The zero-order valence-corrected chi connectivity index (χ0v) is 28.1. The minimum absolute atomic E-state index is 0.0326. The Kier molecular flexibility index (Phi) is 10.1. The molecule has 0 aromatic heterocycles. The Balaban J connectivity index is 2.10. The maximum atomic E-state index is 13.5. The second-order valence-electron chi connectivity index (χ2n) is 12.1. The molecule has 2 amide bonds. The maximum Gasteiger partial charge on any atom is 0.412 e. The molecule has 12 heteroatoms. The third kappa shape index (κ3) is 6.01. The first-order valence-corrected chi connectivity index (χ1v) is 15.6. The molecule has 0 saturated heterocycles. The van der Waals surface area contributed by atoms with E-state index >= 15 is 0 Å². The number of amides is 2. The molecule has 0 heterocycles. The van der Waals surface area contributed by atoms with Crippen LogP contribution in [0.15, 0.2) is 36.2 Å². The summed E-state index contributed by atoms with van der Waals surface area (Å²) >= 11 is 0. The fourth-order valence-corrected chi connectivity index (χ4v) is 6.17. The summed E-state index contributed by atoms with van der Waals surface area (Å²) in [5.41, 5.74) is 1.56. The van der Waals surface area contributed by atoms with Gasteiger partial charge in [0.15, 0.2) is 11.5 Å². The number of ether oxygens (including phenoxy) is 2. The molecule has 2 aliphatic carbocycles. The van der Waals surface area contributed by atoms with Gasteiger partial charge in [0, 0.05) is 46.5 Å². The van der Waals surface area contributed by atoms with Crippen molar-refractivity contribution in [2.45, 2.75) is 55.4 Å². The molecule has 12 nitrogen and oxygen atoms in total. The average Bonchev–Trinajstić information content (AvgIpc) is 2.99. The number of hydrogen-bond acceptors (Lipinski definition) is 10. The van der Waals surface area contributed by atoms with E-state index in [9.17, 15) is 39.6 Å². The molecule has 0 radical (unpaired) electrons. The van der Waals surface area contributed by atoms with Crippen LogP contribution in [-0.4, -0.2) is 57.3 Å². The summed E-state index contributed by atoms with van der Waals surface area (Å²) in [5.74, 6) is -4.52. The Morgan fingerprint density at radius 3 is 1.29 bits per heavy atom. The van der Waals surface area contributed by atoms with E-state index < -0.39 is 46.8 Å². The number of benzene rings is 2. The summed E-state index contributed by atoms with van der Waals surface area (Å²) in [4.78, 5) is 51.3. The van der Waals surface area contributed by atoms with Crippen molar-refractivity contribution in [2.24, 2.45) is 11.8 Å². The number of aliphatic hydroxyl groups is 2. The predicted molar refractivity (Wildman–Crippen MR) is 180 cm³/mol.